The molecule has 1 heterocycles. The maximum atomic E-state index is 13.1. The molecule has 2 N–H and O–H groups in total. The van der Waals surface area contributed by atoms with Crippen molar-refractivity contribution >= 4 is 21.6 Å². The molecule has 1 fully saturated rings. The number of benzene rings is 1. The van der Waals surface area contributed by atoms with Crippen molar-refractivity contribution in [2.45, 2.75) is 57.4 Å². The van der Waals surface area contributed by atoms with Crippen LogP contribution in [0.3, 0.4) is 0 Å². The molecule has 7 nitrogen and oxygen atoms in total. The monoisotopic (exact) mass is 413 g/mol. The van der Waals surface area contributed by atoms with Crippen LogP contribution in [0.5, 0.6) is 0 Å². The van der Waals surface area contributed by atoms with Crippen LogP contribution in [-0.4, -0.2) is 34.8 Å². The molecule has 29 heavy (non-hydrogen) atoms. The quantitative estimate of drug-likeness (QED) is 0.585. The minimum Gasteiger partial charge on any atom is -0.307 e. The van der Waals surface area contributed by atoms with Crippen molar-refractivity contribution in [2.24, 2.45) is 4.47 Å². The minimum absolute atomic E-state index is 0.155. The number of rotatable bonds is 4. The molecule has 4 rings (SSSR count). The molecular weight excluding hydrogens is 386 g/mol. The van der Waals surface area contributed by atoms with Gasteiger partial charge in [0.1, 0.15) is 0 Å². The molecule has 2 atom stereocenters. The smallest absolute Gasteiger partial charge is 0.307 e. The van der Waals surface area contributed by atoms with Gasteiger partial charge in [0.15, 0.2) is 4.47 Å². The largest absolute Gasteiger partial charge is 0.332 e. The number of carbonyl (C=O) groups excluding carboxylic acids is 1. The topological polar surface area (TPSA) is 78.2 Å². The summed E-state index contributed by atoms with van der Waals surface area (Å²) in [5.74, 6) is 0. The molecule has 3 aliphatic rings. The van der Waals surface area contributed by atoms with Gasteiger partial charge < -0.3 is 5.32 Å². The van der Waals surface area contributed by atoms with Crippen LogP contribution in [0.2, 0.25) is 0 Å². The molecule has 1 unspecified atom stereocenters. The van der Waals surface area contributed by atoms with Gasteiger partial charge in [-0.15, -0.1) is 4.95 Å². The summed E-state index contributed by atoms with van der Waals surface area (Å²) in [6.07, 6.45) is 10.0. The van der Waals surface area contributed by atoms with Crippen LogP contribution in [0.25, 0.3) is 4.95 Å². The zero-order valence-corrected chi connectivity index (χ0v) is 17.6. The van der Waals surface area contributed by atoms with Crippen molar-refractivity contribution in [3.8, 4) is 0 Å². The molecule has 1 aromatic rings. The standard InChI is InChI=1S/C21H27N5O2S/c1-22-25-29(28,13-11-17-8-5-12-26(17)2)24-21(27)23-20-18-9-3-6-15(18)14-16-7-4-10-19(16)20/h11,13-14,17H,3-10,12H2,2H3,(H2,23,24,25,27,28)/b13-11+/t17-,29?/m1/s1. The lowest BCUT2D eigenvalue weighted by Gasteiger charge is -2.17. The Kier molecular flexibility index (Phi) is 5.61. The average molecular weight is 414 g/mol. The molecule has 2 aliphatic carbocycles. The van der Waals surface area contributed by atoms with Gasteiger partial charge in [-0.25, -0.2) is 13.7 Å². The number of likely N-dealkylation sites (N-methyl/N-ethyl adjacent to an activating group) is 1. The van der Waals surface area contributed by atoms with E-state index in [4.69, 9.17) is 6.57 Å². The van der Waals surface area contributed by atoms with Crippen LogP contribution in [0.1, 0.15) is 47.9 Å². The summed E-state index contributed by atoms with van der Waals surface area (Å²) < 4.78 is 19.0. The van der Waals surface area contributed by atoms with E-state index in [1.54, 1.807) is 6.08 Å². The Morgan fingerprint density at radius 1 is 1.24 bits per heavy atom. The Hall–Kier alpha value is -2.37. The number of likely N-dealkylation sites (tertiary alicyclic amines) is 1. The lowest BCUT2D eigenvalue weighted by atomic mass is 9.99. The second-order valence-corrected chi connectivity index (χ2v) is 9.84. The molecule has 154 valence electrons. The number of aryl methyl sites for hydroxylation is 2. The number of anilines is 1. The van der Waals surface area contributed by atoms with Crippen molar-refractivity contribution in [2.75, 3.05) is 18.9 Å². The van der Waals surface area contributed by atoms with E-state index >= 15 is 0 Å². The van der Waals surface area contributed by atoms with Crippen LogP contribution >= 0.6 is 0 Å². The van der Waals surface area contributed by atoms with Gasteiger partial charge in [-0.3, -0.25) is 4.90 Å². The predicted molar refractivity (Wildman–Crippen MR) is 115 cm³/mol. The number of fused-ring (bicyclic) bond motifs is 2. The van der Waals surface area contributed by atoms with Crippen molar-refractivity contribution in [3.05, 3.63) is 51.3 Å². The number of nitrogens with zero attached hydrogens (tertiary/aromatic N) is 3. The zero-order chi connectivity index (χ0) is 20.4. The lowest BCUT2D eigenvalue weighted by Crippen LogP contribution is -2.34. The molecule has 0 aromatic heterocycles. The third-order valence-electron chi connectivity index (χ3n) is 6.17. The minimum atomic E-state index is -3.30. The Balaban J connectivity index is 1.55. The van der Waals surface area contributed by atoms with Crippen LogP contribution in [0, 0.1) is 6.57 Å². The molecular formula is C21H27N5O2S. The summed E-state index contributed by atoms with van der Waals surface area (Å²) in [7, 11) is -1.29. The first kappa shape index (κ1) is 19.9. The van der Waals surface area contributed by atoms with Gasteiger partial charge in [0.2, 0.25) is 9.92 Å². The van der Waals surface area contributed by atoms with E-state index in [-0.39, 0.29) is 6.04 Å². The lowest BCUT2D eigenvalue weighted by molar-refractivity contribution is 0.257. The Morgan fingerprint density at radius 2 is 1.93 bits per heavy atom. The Morgan fingerprint density at radius 3 is 2.52 bits per heavy atom. The van der Waals surface area contributed by atoms with Crippen LogP contribution < -0.4 is 10.0 Å². The van der Waals surface area contributed by atoms with Gasteiger partial charge in [0.05, 0.1) is 0 Å². The summed E-state index contributed by atoms with van der Waals surface area (Å²) >= 11 is 0. The average Bonchev–Trinajstić information content (AvgIpc) is 3.40. The molecule has 0 saturated carbocycles. The van der Waals surface area contributed by atoms with E-state index in [9.17, 15) is 9.00 Å². The zero-order valence-electron chi connectivity index (χ0n) is 16.7. The summed E-state index contributed by atoms with van der Waals surface area (Å²) in [5.41, 5.74) is 5.93. The molecule has 0 spiro atoms. The number of amides is 2. The second kappa shape index (κ2) is 8.17. The molecule has 0 radical (unpaired) electrons. The fourth-order valence-corrected chi connectivity index (χ4v) is 5.75. The van der Waals surface area contributed by atoms with E-state index in [1.165, 1.54) is 27.7 Å². The van der Waals surface area contributed by atoms with Gasteiger partial charge >= 0.3 is 6.03 Å². The normalized spacial score (nSPS) is 22.7. The van der Waals surface area contributed by atoms with Crippen molar-refractivity contribution in [1.82, 2.24) is 9.62 Å². The van der Waals surface area contributed by atoms with Gasteiger partial charge in [0, 0.05) is 17.1 Å². The van der Waals surface area contributed by atoms with E-state index in [0.29, 0.717) is 0 Å². The summed E-state index contributed by atoms with van der Waals surface area (Å²) in [6, 6.07) is 1.88. The Bertz CT molecular complexity index is 985. The highest BCUT2D eigenvalue weighted by atomic mass is 32.2. The molecule has 0 bridgehead atoms. The van der Waals surface area contributed by atoms with Crippen molar-refractivity contribution in [3.63, 3.8) is 0 Å². The molecule has 2 amide bonds. The van der Waals surface area contributed by atoms with Crippen molar-refractivity contribution in [1.29, 1.82) is 0 Å². The molecule has 1 saturated heterocycles. The number of nitrogens with one attached hydrogen (secondary N) is 2. The fraction of sp³-hybridized carbons (Fsp3) is 0.524. The highest BCUT2D eigenvalue weighted by Gasteiger charge is 2.26. The summed E-state index contributed by atoms with van der Waals surface area (Å²) in [6.45, 7) is 8.00. The molecule has 1 aromatic carbocycles. The van der Waals surface area contributed by atoms with Gasteiger partial charge in [-0.05, 0) is 87.2 Å². The summed E-state index contributed by atoms with van der Waals surface area (Å²) in [4.78, 5) is 17.9. The van der Waals surface area contributed by atoms with Gasteiger partial charge in [0.25, 0.3) is 0 Å². The number of hydrogen-bond donors (Lipinski definition) is 2. The van der Waals surface area contributed by atoms with E-state index < -0.39 is 15.9 Å². The van der Waals surface area contributed by atoms with Crippen LogP contribution in [-0.2, 0) is 35.6 Å². The number of urea groups is 1. The maximum Gasteiger partial charge on any atom is 0.332 e. The highest BCUT2D eigenvalue weighted by molar-refractivity contribution is 7.95. The van der Waals surface area contributed by atoms with Crippen molar-refractivity contribution < 1.29 is 9.00 Å². The first-order valence-corrected chi connectivity index (χ1v) is 11.8. The van der Waals surface area contributed by atoms with E-state index in [0.717, 1.165) is 63.6 Å². The van der Waals surface area contributed by atoms with Gasteiger partial charge in [-0.2, -0.15) is 6.57 Å². The third-order valence-corrected chi connectivity index (χ3v) is 7.50. The molecule has 8 heteroatoms. The summed E-state index contributed by atoms with van der Waals surface area (Å²) in [5, 5.41) is 4.34. The van der Waals surface area contributed by atoms with E-state index in [2.05, 4.69) is 30.4 Å². The van der Waals surface area contributed by atoms with Crippen LogP contribution in [0.15, 0.2) is 22.0 Å². The van der Waals surface area contributed by atoms with Gasteiger partial charge in [-0.1, -0.05) is 12.1 Å². The van der Waals surface area contributed by atoms with E-state index in [1.807, 2.05) is 7.05 Å². The first-order chi connectivity index (χ1) is 14.0. The highest BCUT2D eigenvalue weighted by Crippen LogP contribution is 2.38. The number of hydrogen-bond acceptors (Lipinski definition) is 4. The Labute approximate surface area is 172 Å². The fourth-order valence-electron chi connectivity index (χ4n) is 4.76. The predicted octanol–water partition coefficient (Wildman–Crippen LogP) is 3.61. The molecule has 1 aliphatic heterocycles. The maximum absolute atomic E-state index is 13.1. The second-order valence-electron chi connectivity index (χ2n) is 8.06. The first-order valence-electron chi connectivity index (χ1n) is 10.3. The SMILES string of the molecule is [C-]#[N+]N=S(=O)(/C=C/[C@H]1CCCN1C)NC(=O)Nc1c2c(cc3c1CCC3)CCC2. The third kappa shape index (κ3) is 4.16. The van der Waals surface area contributed by atoms with Crippen LogP contribution in [0.4, 0.5) is 10.5 Å². The number of carbonyl (C=O) groups is 1.